The van der Waals surface area contributed by atoms with Crippen LogP contribution in [0.25, 0.3) is 10.9 Å². The Kier molecular flexibility index (Phi) is 3.37. The summed E-state index contributed by atoms with van der Waals surface area (Å²) in [6, 6.07) is 6.94. The van der Waals surface area contributed by atoms with Crippen LogP contribution in [0.2, 0.25) is 0 Å². The van der Waals surface area contributed by atoms with E-state index < -0.39 is 0 Å². The summed E-state index contributed by atoms with van der Waals surface area (Å²) >= 11 is 2.35. The molecule has 1 atom stereocenters. The molecule has 2 heterocycles. The first kappa shape index (κ1) is 12.1. The van der Waals surface area contributed by atoms with Gasteiger partial charge < -0.3 is 4.90 Å². The van der Waals surface area contributed by atoms with Crippen molar-refractivity contribution in [2.24, 2.45) is 0 Å². The van der Waals surface area contributed by atoms with Gasteiger partial charge in [0.2, 0.25) is 0 Å². The Morgan fingerprint density at radius 1 is 1.28 bits per heavy atom. The first-order valence-electron chi connectivity index (χ1n) is 6.42. The molecule has 4 heteroatoms. The van der Waals surface area contributed by atoms with Crippen LogP contribution < -0.4 is 4.90 Å². The predicted molar refractivity (Wildman–Crippen MR) is 82.9 cm³/mol. The zero-order valence-electron chi connectivity index (χ0n) is 10.4. The lowest BCUT2D eigenvalue weighted by Gasteiger charge is -2.34. The summed E-state index contributed by atoms with van der Waals surface area (Å²) in [5.41, 5.74) is 1.04. The van der Waals surface area contributed by atoms with Gasteiger partial charge in [0.15, 0.2) is 0 Å². The smallest absolute Gasteiger partial charge is 0.140 e. The van der Waals surface area contributed by atoms with Crippen LogP contribution >= 0.6 is 22.6 Å². The normalized spacial score (nSPS) is 20.3. The Labute approximate surface area is 121 Å². The summed E-state index contributed by atoms with van der Waals surface area (Å²) in [7, 11) is 0. The topological polar surface area (TPSA) is 29.0 Å². The van der Waals surface area contributed by atoms with Crippen LogP contribution in [-0.2, 0) is 0 Å². The van der Waals surface area contributed by atoms with E-state index in [2.05, 4.69) is 62.6 Å². The van der Waals surface area contributed by atoms with E-state index in [0.29, 0.717) is 6.04 Å². The van der Waals surface area contributed by atoms with Crippen molar-refractivity contribution >= 4 is 39.3 Å². The molecule has 3 rings (SSSR count). The van der Waals surface area contributed by atoms with E-state index in [0.717, 1.165) is 17.9 Å². The Morgan fingerprint density at radius 3 is 3.00 bits per heavy atom. The average molecular weight is 353 g/mol. The van der Waals surface area contributed by atoms with Gasteiger partial charge in [0.25, 0.3) is 0 Å². The van der Waals surface area contributed by atoms with Gasteiger partial charge in [0, 0.05) is 21.5 Å². The van der Waals surface area contributed by atoms with E-state index in [1.807, 2.05) is 0 Å². The number of piperidine rings is 1. The second-order valence-corrected chi connectivity index (χ2v) is 6.14. The van der Waals surface area contributed by atoms with Crippen LogP contribution in [0.15, 0.2) is 24.5 Å². The number of nitrogens with zero attached hydrogens (tertiary/aromatic N) is 3. The van der Waals surface area contributed by atoms with Crippen molar-refractivity contribution in [1.29, 1.82) is 0 Å². The molecule has 0 radical (unpaired) electrons. The van der Waals surface area contributed by atoms with Crippen molar-refractivity contribution in [2.75, 3.05) is 11.4 Å². The third kappa shape index (κ3) is 2.18. The number of halogens is 1. The van der Waals surface area contributed by atoms with Crippen LogP contribution in [0.1, 0.15) is 26.2 Å². The standard InChI is InChI=1S/C14H16IN3/c1-10-4-2-3-7-18(10)14-12-8-11(15)5-6-13(12)16-9-17-14/h5-6,8-10H,2-4,7H2,1H3/t10-/m0/s1. The summed E-state index contributed by atoms with van der Waals surface area (Å²) in [5.74, 6) is 1.10. The van der Waals surface area contributed by atoms with Crippen molar-refractivity contribution < 1.29 is 0 Å². The highest BCUT2D eigenvalue weighted by Crippen LogP contribution is 2.29. The molecule has 3 nitrogen and oxygen atoms in total. The summed E-state index contributed by atoms with van der Waals surface area (Å²) in [4.78, 5) is 11.3. The molecule has 1 aliphatic rings. The molecule has 18 heavy (non-hydrogen) atoms. The highest BCUT2D eigenvalue weighted by Gasteiger charge is 2.21. The quantitative estimate of drug-likeness (QED) is 0.734. The van der Waals surface area contributed by atoms with Gasteiger partial charge in [-0.15, -0.1) is 0 Å². The molecule has 1 saturated heterocycles. The SMILES string of the molecule is C[C@H]1CCCCN1c1ncnc2ccc(I)cc12. The van der Waals surface area contributed by atoms with Gasteiger partial charge in [0.1, 0.15) is 12.1 Å². The van der Waals surface area contributed by atoms with Gasteiger partial charge in [-0.05, 0) is 67.0 Å². The van der Waals surface area contributed by atoms with E-state index in [9.17, 15) is 0 Å². The first-order valence-corrected chi connectivity index (χ1v) is 7.50. The van der Waals surface area contributed by atoms with E-state index in [4.69, 9.17) is 0 Å². The largest absolute Gasteiger partial charge is 0.353 e. The fourth-order valence-electron chi connectivity index (χ4n) is 2.66. The highest BCUT2D eigenvalue weighted by molar-refractivity contribution is 14.1. The maximum Gasteiger partial charge on any atom is 0.140 e. The minimum Gasteiger partial charge on any atom is -0.353 e. The Morgan fingerprint density at radius 2 is 2.17 bits per heavy atom. The highest BCUT2D eigenvalue weighted by atomic mass is 127. The lowest BCUT2D eigenvalue weighted by atomic mass is 10.0. The molecule has 94 valence electrons. The molecule has 0 N–H and O–H groups in total. The monoisotopic (exact) mass is 353 g/mol. The predicted octanol–water partition coefficient (Wildman–Crippen LogP) is 3.61. The number of fused-ring (bicyclic) bond motifs is 1. The zero-order valence-corrected chi connectivity index (χ0v) is 12.6. The second kappa shape index (κ2) is 4.99. The lowest BCUT2D eigenvalue weighted by Crippen LogP contribution is -2.38. The molecule has 0 unspecified atom stereocenters. The number of anilines is 1. The molecule has 1 aliphatic heterocycles. The summed E-state index contributed by atoms with van der Waals surface area (Å²) < 4.78 is 1.24. The number of hydrogen-bond acceptors (Lipinski definition) is 3. The molecule has 0 bridgehead atoms. The van der Waals surface area contributed by atoms with E-state index >= 15 is 0 Å². The Bertz CT molecular complexity index is 570. The van der Waals surface area contributed by atoms with Crippen molar-refractivity contribution in [2.45, 2.75) is 32.2 Å². The average Bonchev–Trinajstić information content (AvgIpc) is 2.39. The van der Waals surface area contributed by atoms with Gasteiger partial charge in [-0.25, -0.2) is 9.97 Å². The van der Waals surface area contributed by atoms with E-state index in [-0.39, 0.29) is 0 Å². The van der Waals surface area contributed by atoms with E-state index in [1.165, 1.54) is 28.2 Å². The summed E-state index contributed by atoms with van der Waals surface area (Å²) in [6.07, 6.45) is 5.54. The molecule has 1 aromatic carbocycles. The maximum atomic E-state index is 4.53. The molecule has 1 fully saturated rings. The molecule has 1 aromatic heterocycles. The van der Waals surface area contributed by atoms with Crippen molar-refractivity contribution in [3.8, 4) is 0 Å². The second-order valence-electron chi connectivity index (χ2n) is 4.90. The molecule has 0 spiro atoms. The third-order valence-corrected chi connectivity index (χ3v) is 4.32. The lowest BCUT2D eigenvalue weighted by molar-refractivity contribution is 0.482. The number of aromatic nitrogens is 2. The Balaban J connectivity index is 2.12. The fraction of sp³-hybridized carbons (Fsp3) is 0.429. The number of hydrogen-bond donors (Lipinski definition) is 0. The number of benzene rings is 1. The van der Waals surface area contributed by atoms with Crippen LogP contribution in [0.3, 0.4) is 0 Å². The first-order chi connectivity index (χ1) is 8.75. The van der Waals surface area contributed by atoms with Gasteiger partial charge >= 0.3 is 0 Å². The van der Waals surface area contributed by atoms with E-state index in [1.54, 1.807) is 6.33 Å². The zero-order chi connectivity index (χ0) is 12.5. The fourth-order valence-corrected chi connectivity index (χ4v) is 3.15. The van der Waals surface area contributed by atoms with Gasteiger partial charge in [-0.3, -0.25) is 0 Å². The van der Waals surface area contributed by atoms with Gasteiger partial charge in [-0.1, -0.05) is 0 Å². The minimum atomic E-state index is 0.578. The summed E-state index contributed by atoms with van der Waals surface area (Å²) in [5, 5.41) is 1.18. The molecule has 0 saturated carbocycles. The van der Waals surface area contributed by atoms with Crippen LogP contribution in [0.5, 0.6) is 0 Å². The minimum absolute atomic E-state index is 0.578. The molecular formula is C14H16IN3. The van der Waals surface area contributed by atoms with Crippen molar-refractivity contribution in [1.82, 2.24) is 9.97 Å². The van der Waals surface area contributed by atoms with Crippen LogP contribution in [-0.4, -0.2) is 22.6 Å². The number of rotatable bonds is 1. The molecular weight excluding hydrogens is 337 g/mol. The molecule has 0 aliphatic carbocycles. The van der Waals surface area contributed by atoms with Gasteiger partial charge in [0.05, 0.1) is 5.52 Å². The Hall–Kier alpha value is -0.910. The van der Waals surface area contributed by atoms with Crippen molar-refractivity contribution in [3.63, 3.8) is 0 Å². The van der Waals surface area contributed by atoms with Crippen molar-refractivity contribution in [3.05, 3.63) is 28.1 Å². The molecule has 0 amide bonds. The van der Waals surface area contributed by atoms with Gasteiger partial charge in [-0.2, -0.15) is 0 Å². The van der Waals surface area contributed by atoms with Crippen LogP contribution in [0, 0.1) is 3.57 Å². The van der Waals surface area contributed by atoms with Crippen LogP contribution in [0.4, 0.5) is 5.82 Å². The third-order valence-electron chi connectivity index (χ3n) is 3.65. The molecule has 2 aromatic rings. The maximum absolute atomic E-state index is 4.53. The summed E-state index contributed by atoms with van der Waals surface area (Å²) in [6.45, 7) is 3.40.